The van der Waals surface area contributed by atoms with Gasteiger partial charge >= 0.3 is 0 Å². The quantitative estimate of drug-likeness (QED) is 0.399. The predicted octanol–water partition coefficient (Wildman–Crippen LogP) is 6.65. The number of hydrazone groups is 1. The monoisotopic (exact) mass is 536 g/mol. The van der Waals surface area contributed by atoms with E-state index in [2.05, 4.69) is 10.1 Å². The Hall–Kier alpha value is -2.52. The highest BCUT2D eigenvalue weighted by molar-refractivity contribution is 8.26. The van der Waals surface area contributed by atoms with E-state index in [-0.39, 0.29) is 23.0 Å². The molecule has 0 aromatic heterocycles. The van der Waals surface area contributed by atoms with Crippen LogP contribution in [-0.2, 0) is 11.4 Å². The topological polar surface area (TPSA) is 87.3 Å². The number of ether oxygens (including phenoxy) is 2. The number of rotatable bonds is 7. The molecular weight excluding hydrogens is 519 g/mol. The number of nitrogens with zero attached hydrogens (tertiary/aromatic N) is 3. The third-order valence-corrected chi connectivity index (χ3v) is 6.75. The lowest BCUT2D eigenvalue weighted by molar-refractivity contribution is -0.114. The summed E-state index contributed by atoms with van der Waals surface area (Å²) in [5.74, 6) is 0.185. The van der Waals surface area contributed by atoms with Gasteiger partial charge < -0.3 is 9.47 Å². The van der Waals surface area contributed by atoms with Gasteiger partial charge in [-0.25, -0.2) is 0 Å². The first-order chi connectivity index (χ1) is 16.3. The van der Waals surface area contributed by atoms with Gasteiger partial charge in [0.05, 0.1) is 17.2 Å². The van der Waals surface area contributed by atoms with E-state index in [0.29, 0.717) is 45.3 Å². The highest BCUT2D eigenvalue weighted by Gasteiger charge is 2.35. The Bertz CT molecular complexity index is 1280. The van der Waals surface area contributed by atoms with E-state index in [0.717, 1.165) is 10.6 Å². The molecule has 2 heterocycles. The minimum Gasteiger partial charge on any atom is -0.490 e. The molecule has 2 aromatic rings. The number of benzene rings is 2. The Labute approximate surface area is 215 Å². The van der Waals surface area contributed by atoms with Gasteiger partial charge in [0.15, 0.2) is 17.3 Å². The van der Waals surface area contributed by atoms with Crippen molar-refractivity contribution >= 4 is 74.6 Å². The first kappa shape index (κ1) is 24.6. The van der Waals surface area contributed by atoms with Gasteiger partial charge in [-0.2, -0.15) is 15.1 Å². The molecule has 0 saturated carbocycles. The average molecular weight is 538 g/mol. The van der Waals surface area contributed by atoms with Crippen LogP contribution in [0.15, 0.2) is 46.0 Å². The second-order valence-electron chi connectivity index (χ2n) is 7.15. The SMILES string of the molecule is CCOc1cc(/C=C2/C(=N)N3N=C(CC)SC3=NC2=O)cc(Cl)c1OCc1ccc(Cl)cc1Cl. The molecule has 1 amide bonds. The third kappa shape index (κ3) is 5.10. The highest BCUT2D eigenvalue weighted by Crippen LogP contribution is 2.39. The molecule has 0 atom stereocenters. The number of thioether (sulfide) groups is 1. The summed E-state index contributed by atoms with van der Waals surface area (Å²) < 4.78 is 11.7. The first-order valence-electron chi connectivity index (χ1n) is 10.3. The van der Waals surface area contributed by atoms with Crippen molar-refractivity contribution in [3.63, 3.8) is 0 Å². The molecule has 0 bridgehead atoms. The van der Waals surface area contributed by atoms with E-state index in [1.807, 2.05) is 13.8 Å². The van der Waals surface area contributed by atoms with Gasteiger partial charge in [0.25, 0.3) is 5.91 Å². The molecule has 1 N–H and O–H groups in total. The second kappa shape index (κ2) is 10.4. The summed E-state index contributed by atoms with van der Waals surface area (Å²) in [5, 5.41) is 16.7. The Balaban J connectivity index is 1.63. The number of carbonyl (C=O) groups is 1. The van der Waals surface area contributed by atoms with Crippen LogP contribution in [0, 0.1) is 5.41 Å². The zero-order chi connectivity index (χ0) is 24.4. The van der Waals surface area contributed by atoms with Crippen LogP contribution in [0.4, 0.5) is 0 Å². The summed E-state index contributed by atoms with van der Waals surface area (Å²) in [6.07, 6.45) is 2.24. The molecule has 176 valence electrons. The molecule has 11 heteroatoms. The van der Waals surface area contributed by atoms with Crippen molar-refractivity contribution in [2.45, 2.75) is 26.9 Å². The molecule has 0 fully saturated rings. The maximum atomic E-state index is 12.6. The van der Waals surface area contributed by atoms with Crippen LogP contribution in [0.5, 0.6) is 11.5 Å². The molecule has 2 aliphatic rings. The summed E-state index contributed by atoms with van der Waals surface area (Å²) in [6.45, 7) is 4.32. The van der Waals surface area contributed by atoms with Crippen LogP contribution in [0.1, 0.15) is 31.4 Å². The standard InChI is InChI=1S/C23H19Cl3N4O3S/c1-3-19-29-30-21(27)15(22(31)28-23(30)34-19)7-12-8-17(26)20(18(9-12)32-4-2)33-11-13-5-6-14(24)10-16(13)25/h5-10,27H,3-4,11H2,1-2H3/b15-7-,27-21?. The number of hydrogen-bond acceptors (Lipinski definition) is 6. The fourth-order valence-electron chi connectivity index (χ4n) is 3.20. The van der Waals surface area contributed by atoms with E-state index in [1.54, 1.807) is 36.4 Å². The number of nitrogens with one attached hydrogen (secondary N) is 1. The van der Waals surface area contributed by atoms with Crippen LogP contribution in [0.25, 0.3) is 6.08 Å². The minimum atomic E-state index is -0.511. The summed E-state index contributed by atoms with van der Waals surface area (Å²) in [6, 6.07) is 8.47. The van der Waals surface area contributed by atoms with Crippen LogP contribution in [0.2, 0.25) is 15.1 Å². The molecular formula is C23H19Cl3N4O3S. The zero-order valence-electron chi connectivity index (χ0n) is 18.2. The summed E-state index contributed by atoms with van der Waals surface area (Å²) in [7, 11) is 0. The van der Waals surface area contributed by atoms with Gasteiger partial charge in [0, 0.05) is 15.6 Å². The van der Waals surface area contributed by atoms with E-state index < -0.39 is 5.91 Å². The van der Waals surface area contributed by atoms with Crippen molar-refractivity contribution in [1.29, 1.82) is 5.41 Å². The van der Waals surface area contributed by atoms with Crippen molar-refractivity contribution in [1.82, 2.24) is 5.01 Å². The van der Waals surface area contributed by atoms with Crippen molar-refractivity contribution in [2.24, 2.45) is 10.1 Å². The lowest BCUT2D eigenvalue weighted by Gasteiger charge is -2.20. The third-order valence-electron chi connectivity index (χ3n) is 4.83. The summed E-state index contributed by atoms with van der Waals surface area (Å²) >= 11 is 20.0. The van der Waals surface area contributed by atoms with Gasteiger partial charge in [0.1, 0.15) is 11.7 Å². The van der Waals surface area contributed by atoms with Crippen molar-refractivity contribution in [3.05, 3.63) is 62.1 Å². The molecule has 4 rings (SSSR count). The Morgan fingerprint density at radius 1 is 1.12 bits per heavy atom. The summed E-state index contributed by atoms with van der Waals surface area (Å²) in [5.41, 5.74) is 1.40. The number of hydrogen-bond donors (Lipinski definition) is 1. The van der Waals surface area contributed by atoms with E-state index >= 15 is 0 Å². The van der Waals surface area contributed by atoms with Crippen molar-refractivity contribution in [2.75, 3.05) is 6.61 Å². The lowest BCUT2D eigenvalue weighted by Crippen LogP contribution is -2.35. The zero-order valence-corrected chi connectivity index (χ0v) is 21.3. The predicted molar refractivity (Wildman–Crippen MR) is 139 cm³/mol. The van der Waals surface area contributed by atoms with Crippen LogP contribution >= 0.6 is 46.6 Å². The maximum Gasteiger partial charge on any atom is 0.283 e. The fourth-order valence-corrected chi connectivity index (χ4v) is 4.77. The maximum absolute atomic E-state index is 12.6. The number of amides is 1. The van der Waals surface area contributed by atoms with Crippen molar-refractivity contribution in [3.8, 4) is 11.5 Å². The lowest BCUT2D eigenvalue weighted by atomic mass is 10.1. The van der Waals surface area contributed by atoms with Crippen LogP contribution in [-0.4, -0.2) is 33.6 Å². The minimum absolute atomic E-state index is 0.0438. The number of aliphatic imine (C=N–C) groups is 1. The van der Waals surface area contributed by atoms with Gasteiger partial charge in [-0.3, -0.25) is 10.2 Å². The molecule has 34 heavy (non-hydrogen) atoms. The van der Waals surface area contributed by atoms with E-state index in [9.17, 15) is 4.79 Å². The van der Waals surface area contributed by atoms with Gasteiger partial charge in [0.2, 0.25) is 5.17 Å². The smallest absolute Gasteiger partial charge is 0.283 e. The van der Waals surface area contributed by atoms with E-state index in [4.69, 9.17) is 49.7 Å². The normalized spacial score (nSPS) is 16.5. The highest BCUT2D eigenvalue weighted by atomic mass is 35.5. The van der Waals surface area contributed by atoms with Crippen molar-refractivity contribution < 1.29 is 14.3 Å². The fraction of sp³-hybridized carbons (Fsp3) is 0.217. The molecule has 2 aliphatic heterocycles. The molecule has 0 saturated heterocycles. The average Bonchev–Trinajstić information content (AvgIpc) is 3.21. The molecule has 0 unspecified atom stereocenters. The van der Waals surface area contributed by atoms with Gasteiger partial charge in [-0.1, -0.05) is 47.8 Å². The number of carbonyl (C=O) groups excluding carboxylic acids is 1. The molecule has 7 nitrogen and oxygen atoms in total. The number of amidine groups is 2. The van der Waals surface area contributed by atoms with Crippen LogP contribution in [0.3, 0.4) is 0 Å². The Morgan fingerprint density at radius 2 is 1.91 bits per heavy atom. The van der Waals surface area contributed by atoms with Gasteiger partial charge in [-0.15, -0.1) is 0 Å². The Kier molecular flexibility index (Phi) is 7.52. The second-order valence-corrected chi connectivity index (χ2v) is 9.45. The molecule has 0 aliphatic carbocycles. The number of fused-ring (bicyclic) bond motifs is 1. The molecule has 0 radical (unpaired) electrons. The van der Waals surface area contributed by atoms with Crippen LogP contribution < -0.4 is 9.47 Å². The van der Waals surface area contributed by atoms with E-state index in [1.165, 1.54) is 16.8 Å². The molecule has 2 aromatic carbocycles. The van der Waals surface area contributed by atoms with Gasteiger partial charge in [-0.05, 0) is 61.0 Å². The molecule has 0 spiro atoms. The summed E-state index contributed by atoms with van der Waals surface area (Å²) in [4.78, 5) is 16.7. The largest absolute Gasteiger partial charge is 0.490 e. The number of halogens is 3. The Morgan fingerprint density at radius 3 is 2.62 bits per heavy atom. The first-order valence-corrected chi connectivity index (χ1v) is 12.3.